The molecule has 0 amide bonds. The maximum absolute atomic E-state index is 6.12. The molecule has 1 aliphatic heterocycles. The smallest absolute Gasteiger partial charge is 0.124 e. The van der Waals surface area contributed by atoms with Gasteiger partial charge in [-0.15, -0.1) is 0 Å². The summed E-state index contributed by atoms with van der Waals surface area (Å²) in [6.07, 6.45) is 1.90. The monoisotopic (exact) mass is 191 g/mol. The Kier molecular flexibility index (Phi) is 2.23. The first kappa shape index (κ1) is 9.53. The van der Waals surface area contributed by atoms with Gasteiger partial charge < -0.3 is 10.5 Å². The van der Waals surface area contributed by atoms with E-state index in [4.69, 9.17) is 10.5 Å². The SMILES string of the molecule is CCC1(C)CC(N)c2ccccc2O1. The van der Waals surface area contributed by atoms with Gasteiger partial charge in [0.1, 0.15) is 11.4 Å². The van der Waals surface area contributed by atoms with Crippen molar-refractivity contribution in [1.29, 1.82) is 0 Å². The van der Waals surface area contributed by atoms with Crippen molar-refractivity contribution in [2.24, 2.45) is 5.73 Å². The predicted octanol–water partition coefficient (Wildman–Crippen LogP) is 2.64. The van der Waals surface area contributed by atoms with Crippen molar-refractivity contribution in [3.8, 4) is 5.75 Å². The fourth-order valence-electron chi connectivity index (χ4n) is 1.98. The minimum Gasteiger partial charge on any atom is -0.487 e. The number of ether oxygens (including phenoxy) is 1. The summed E-state index contributed by atoms with van der Waals surface area (Å²) in [7, 11) is 0. The molecule has 1 aliphatic rings. The van der Waals surface area contributed by atoms with Crippen molar-refractivity contribution in [2.45, 2.75) is 38.3 Å². The van der Waals surface area contributed by atoms with Crippen molar-refractivity contribution in [3.05, 3.63) is 29.8 Å². The van der Waals surface area contributed by atoms with Crippen LogP contribution in [0.5, 0.6) is 5.75 Å². The van der Waals surface area contributed by atoms with Gasteiger partial charge in [0.25, 0.3) is 0 Å². The van der Waals surface area contributed by atoms with Crippen molar-refractivity contribution in [3.63, 3.8) is 0 Å². The van der Waals surface area contributed by atoms with Crippen LogP contribution in [0.4, 0.5) is 0 Å². The molecule has 2 rings (SSSR count). The zero-order valence-corrected chi connectivity index (χ0v) is 8.79. The number of hydrogen-bond acceptors (Lipinski definition) is 2. The molecule has 0 aliphatic carbocycles. The van der Waals surface area contributed by atoms with E-state index in [0.29, 0.717) is 0 Å². The standard InChI is InChI=1S/C12H17NO/c1-3-12(2)8-10(13)9-6-4-5-7-11(9)14-12/h4-7,10H,3,8,13H2,1-2H3. The minimum absolute atomic E-state index is 0.0895. The summed E-state index contributed by atoms with van der Waals surface area (Å²) in [5, 5.41) is 0. The van der Waals surface area contributed by atoms with Crippen LogP contribution in [-0.4, -0.2) is 5.60 Å². The summed E-state index contributed by atoms with van der Waals surface area (Å²) in [6, 6.07) is 8.17. The summed E-state index contributed by atoms with van der Waals surface area (Å²) in [6.45, 7) is 4.27. The average Bonchev–Trinajstić information content (AvgIpc) is 2.18. The molecule has 2 atom stereocenters. The number of benzene rings is 1. The first-order chi connectivity index (χ1) is 6.64. The number of para-hydroxylation sites is 1. The van der Waals surface area contributed by atoms with Gasteiger partial charge in [0.15, 0.2) is 0 Å². The predicted molar refractivity (Wildman–Crippen MR) is 57.3 cm³/mol. The molecule has 0 fully saturated rings. The van der Waals surface area contributed by atoms with Crippen molar-refractivity contribution < 1.29 is 4.74 Å². The van der Waals surface area contributed by atoms with Gasteiger partial charge >= 0.3 is 0 Å². The van der Waals surface area contributed by atoms with Gasteiger partial charge in [0.2, 0.25) is 0 Å². The second kappa shape index (κ2) is 3.28. The molecule has 0 spiro atoms. The Morgan fingerprint density at radius 1 is 1.50 bits per heavy atom. The molecule has 1 aromatic rings. The van der Waals surface area contributed by atoms with Crippen LogP contribution >= 0.6 is 0 Å². The van der Waals surface area contributed by atoms with E-state index < -0.39 is 0 Å². The number of rotatable bonds is 1. The van der Waals surface area contributed by atoms with Gasteiger partial charge in [0, 0.05) is 18.0 Å². The first-order valence-electron chi connectivity index (χ1n) is 5.18. The normalized spacial score (nSPS) is 30.6. The zero-order valence-electron chi connectivity index (χ0n) is 8.79. The van der Waals surface area contributed by atoms with Gasteiger partial charge in [0.05, 0.1) is 0 Å². The third-order valence-electron chi connectivity index (χ3n) is 3.07. The molecule has 1 aromatic carbocycles. The van der Waals surface area contributed by atoms with E-state index in [0.717, 1.165) is 24.2 Å². The maximum atomic E-state index is 6.12. The molecule has 0 aromatic heterocycles. The van der Waals surface area contributed by atoms with Crippen LogP contribution in [0.25, 0.3) is 0 Å². The summed E-state index contributed by atoms with van der Waals surface area (Å²) < 4.78 is 5.96. The topological polar surface area (TPSA) is 35.2 Å². The highest BCUT2D eigenvalue weighted by Gasteiger charge is 2.33. The van der Waals surface area contributed by atoms with E-state index in [2.05, 4.69) is 19.9 Å². The van der Waals surface area contributed by atoms with Crippen molar-refractivity contribution >= 4 is 0 Å². The van der Waals surface area contributed by atoms with E-state index in [9.17, 15) is 0 Å². The zero-order chi connectivity index (χ0) is 10.2. The van der Waals surface area contributed by atoms with Gasteiger partial charge in [-0.05, 0) is 19.4 Å². The molecule has 2 N–H and O–H groups in total. The Labute approximate surface area is 85.1 Å². The lowest BCUT2D eigenvalue weighted by Gasteiger charge is -2.38. The molecule has 2 nitrogen and oxygen atoms in total. The quantitative estimate of drug-likeness (QED) is 0.740. The molecular formula is C12H17NO. The molecular weight excluding hydrogens is 174 g/mol. The van der Waals surface area contributed by atoms with E-state index in [1.807, 2.05) is 18.2 Å². The second-order valence-corrected chi connectivity index (χ2v) is 4.25. The Morgan fingerprint density at radius 3 is 2.93 bits per heavy atom. The van der Waals surface area contributed by atoms with E-state index in [1.165, 1.54) is 0 Å². The minimum atomic E-state index is -0.0895. The van der Waals surface area contributed by atoms with Crippen molar-refractivity contribution in [1.82, 2.24) is 0 Å². The lowest BCUT2D eigenvalue weighted by Crippen LogP contribution is -2.39. The molecule has 14 heavy (non-hydrogen) atoms. The summed E-state index contributed by atoms with van der Waals surface area (Å²) in [4.78, 5) is 0. The third kappa shape index (κ3) is 1.50. The van der Waals surface area contributed by atoms with Gasteiger partial charge in [-0.3, -0.25) is 0 Å². The van der Waals surface area contributed by atoms with E-state index in [-0.39, 0.29) is 11.6 Å². The largest absolute Gasteiger partial charge is 0.487 e. The second-order valence-electron chi connectivity index (χ2n) is 4.25. The van der Waals surface area contributed by atoms with Crippen molar-refractivity contribution in [2.75, 3.05) is 0 Å². The van der Waals surface area contributed by atoms with Crippen LogP contribution < -0.4 is 10.5 Å². The Morgan fingerprint density at radius 2 is 2.21 bits per heavy atom. The summed E-state index contributed by atoms with van der Waals surface area (Å²) in [5.41, 5.74) is 7.17. The fraction of sp³-hybridized carbons (Fsp3) is 0.500. The summed E-state index contributed by atoms with van der Waals surface area (Å²) in [5.74, 6) is 0.954. The highest BCUT2D eigenvalue weighted by Crippen LogP contribution is 2.39. The highest BCUT2D eigenvalue weighted by molar-refractivity contribution is 5.38. The highest BCUT2D eigenvalue weighted by atomic mass is 16.5. The Bertz CT molecular complexity index is 337. The lowest BCUT2D eigenvalue weighted by molar-refractivity contribution is 0.0503. The number of hydrogen-bond donors (Lipinski definition) is 1. The van der Waals surface area contributed by atoms with Crippen LogP contribution in [0.3, 0.4) is 0 Å². The molecule has 0 radical (unpaired) electrons. The molecule has 2 unspecified atom stereocenters. The molecule has 0 saturated heterocycles. The Hall–Kier alpha value is -1.02. The van der Waals surface area contributed by atoms with E-state index in [1.54, 1.807) is 0 Å². The van der Waals surface area contributed by atoms with Crippen LogP contribution in [0.2, 0.25) is 0 Å². The van der Waals surface area contributed by atoms with Crippen LogP contribution in [0, 0.1) is 0 Å². The van der Waals surface area contributed by atoms with Gasteiger partial charge in [-0.2, -0.15) is 0 Å². The third-order valence-corrected chi connectivity index (χ3v) is 3.07. The summed E-state index contributed by atoms with van der Waals surface area (Å²) >= 11 is 0. The van der Waals surface area contributed by atoms with Crippen LogP contribution in [-0.2, 0) is 0 Å². The maximum Gasteiger partial charge on any atom is 0.124 e. The molecule has 0 bridgehead atoms. The lowest BCUT2D eigenvalue weighted by atomic mass is 9.87. The fourth-order valence-corrected chi connectivity index (χ4v) is 1.98. The van der Waals surface area contributed by atoms with Gasteiger partial charge in [-0.1, -0.05) is 25.1 Å². The molecule has 76 valence electrons. The number of fused-ring (bicyclic) bond motifs is 1. The van der Waals surface area contributed by atoms with Crippen LogP contribution in [0.1, 0.15) is 38.3 Å². The molecule has 2 heteroatoms. The Balaban J connectivity index is 2.38. The first-order valence-corrected chi connectivity index (χ1v) is 5.18. The van der Waals surface area contributed by atoms with E-state index >= 15 is 0 Å². The molecule has 0 saturated carbocycles. The van der Waals surface area contributed by atoms with Gasteiger partial charge in [-0.25, -0.2) is 0 Å². The molecule has 1 heterocycles. The van der Waals surface area contributed by atoms with Crippen LogP contribution in [0.15, 0.2) is 24.3 Å². The number of nitrogens with two attached hydrogens (primary N) is 1. The average molecular weight is 191 g/mol.